The van der Waals surface area contributed by atoms with Gasteiger partial charge in [0.25, 0.3) is 0 Å². The van der Waals surface area contributed by atoms with E-state index in [4.69, 9.17) is 4.84 Å². The van der Waals surface area contributed by atoms with E-state index >= 15 is 0 Å². The van der Waals surface area contributed by atoms with Gasteiger partial charge >= 0.3 is 0 Å². The molecule has 0 spiro atoms. The summed E-state index contributed by atoms with van der Waals surface area (Å²) in [5.74, 6) is 0.345. The molecule has 1 fully saturated rings. The quantitative estimate of drug-likeness (QED) is 0.651. The summed E-state index contributed by atoms with van der Waals surface area (Å²) >= 11 is 0. The zero-order valence-electron chi connectivity index (χ0n) is 13.4. The third-order valence-electron chi connectivity index (χ3n) is 3.83. The van der Waals surface area contributed by atoms with E-state index in [2.05, 4.69) is 39.7 Å². The van der Waals surface area contributed by atoms with Crippen molar-refractivity contribution in [1.82, 2.24) is 5.06 Å². The number of carbonyl (C=O) groups excluding carboxylic acids is 1. The Bertz CT molecular complexity index is 277. The lowest BCUT2D eigenvalue weighted by molar-refractivity contribution is -0.275. The molecule has 0 atom stereocenters. The van der Waals surface area contributed by atoms with Crippen LogP contribution in [0.15, 0.2) is 0 Å². The summed E-state index contributed by atoms with van der Waals surface area (Å²) in [6.45, 7) is 11.4. The monoisotopic (exact) mass is 269 g/mol. The van der Waals surface area contributed by atoms with Crippen LogP contribution in [-0.2, 0) is 9.63 Å². The average molecular weight is 269 g/mol. The van der Waals surface area contributed by atoms with Gasteiger partial charge < -0.3 is 0 Å². The first kappa shape index (κ1) is 16.6. The van der Waals surface area contributed by atoms with Gasteiger partial charge in [0, 0.05) is 23.9 Å². The standard InChI is InChI=1S/C16H31NO2/c1-6-7-8-9-10-11-19-17-15(2,3)12-14(18)13-16(17,4)5/h6-13H2,1-5H3. The van der Waals surface area contributed by atoms with Crippen LogP contribution < -0.4 is 0 Å². The lowest BCUT2D eigenvalue weighted by atomic mass is 9.81. The van der Waals surface area contributed by atoms with E-state index < -0.39 is 0 Å². The van der Waals surface area contributed by atoms with Crippen molar-refractivity contribution < 1.29 is 9.63 Å². The number of hydrogen-bond donors (Lipinski definition) is 0. The molecular weight excluding hydrogens is 238 g/mol. The fourth-order valence-corrected chi connectivity index (χ4v) is 3.20. The summed E-state index contributed by atoms with van der Waals surface area (Å²) in [6.07, 6.45) is 7.41. The van der Waals surface area contributed by atoms with Crippen molar-refractivity contribution in [3.63, 3.8) is 0 Å². The van der Waals surface area contributed by atoms with Crippen molar-refractivity contribution in [2.75, 3.05) is 6.61 Å². The highest BCUT2D eigenvalue weighted by molar-refractivity contribution is 5.81. The zero-order chi connectivity index (χ0) is 14.5. The van der Waals surface area contributed by atoms with Crippen LogP contribution >= 0.6 is 0 Å². The molecule has 1 saturated heterocycles. The van der Waals surface area contributed by atoms with Gasteiger partial charge in [-0.15, -0.1) is 0 Å². The van der Waals surface area contributed by atoms with Crippen LogP contribution in [0.3, 0.4) is 0 Å². The van der Waals surface area contributed by atoms with Crippen LogP contribution in [0, 0.1) is 0 Å². The third kappa shape index (κ3) is 4.88. The molecule has 0 aromatic rings. The van der Waals surface area contributed by atoms with Crippen LogP contribution in [-0.4, -0.2) is 28.5 Å². The fourth-order valence-electron chi connectivity index (χ4n) is 3.20. The molecule has 19 heavy (non-hydrogen) atoms. The maximum absolute atomic E-state index is 11.8. The highest BCUT2D eigenvalue weighted by Gasteiger charge is 2.45. The number of nitrogens with zero attached hydrogens (tertiary/aromatic N) is 1. The molecule has 0 saturated carbocycles. The number of unbranched alkanes of at least 4 members (excludes halogenated alkanes) is 4. The lowest BCUT2D eigenvalue weighted by Crippen LogP contribution is -2.60. The predicted molar refractivity (Wildman–Crippen MR) is 78.9 cm³/mol. The van der Waals surface area contributed by atoms with Crippen molar-refractivity contribution in [1.29, 1.82) is 0 Å². The molecule has 0 amide bonds. The number of hydrogen-bond acceptors (Lipinski definition) is 3. The van der Waals surface area contributed by atoms with Crippen molar-refractivity contribution in [3.8, 4) is 0 Å². The molecule has 0 N–H and O–H groups in total. The van der Waals surface area contributed by atoms with E-state index in [9.17, 15) is 4.79 Å². The fraction of sp³-hybridized carbons (Fsp3) is 0.938. The molecule has 0 bridgehead atoms. The molecule has 1 aliphatic rings. The summed E-state index contributed by atoms with van der Waals surface area (Å²) < 4.78 is 0. The molecule has 0 unspecified atom stereocenters. The van der Waals surface area contributed by atoms with Crippen LogP contribution in [0.2, 0.25) is 0 Å². The topological polar surface area (TPSA) is 29.5 Å². The molecular formula is C16H31NO2. The molecule has 0 aromatic carbocycles. The largest absolute Gasteiger partial charge is 0.300 e. The van der Waals surface area contributed by atoms with Crippen molar-refractivity contribution in [2.24, 2.45) is 0 Å². The summed E-state index contributed by atoms with van der Waals surface area (Å²) in [7, 11) is 0. The molecule has 0 aromatic heterocycles. The van der Waals surface area contributed by atoms with Gasteiger partial charge in [0.05, 0.1) is 6.61 Å². The number of rotatable bonds is 7. The minimum absolute atomic E-state index is 0.192. The van der Waals surface area contributed by atoms with Gasteiger partial charge in [0.15, 0.2) is 0 Å². The van der Waals surface area contributed by atoms with Crippen LogP contribution in [0.5, 0.6) is 0 Å². The van der Waals surface area contributed by atoms with Crippen LogP contribution in [0.1, 0.15) is 79.6 Å². The van der Waals surface area contributed by atoms with E-state index in [1.807, 2.05) is 0 Å². The van der Waals surface area contributed by atoms with E-state index in [1.165, 1.54) is 25.7 Å². The third-order valence-corrected chi connectivity index (χ3v) is 3.83. The van der Waals surface area contributed by atoms with Gasteiger partial charge in [-0.3, -0.25) is 9.63 Å². The van der Waals surface area contributed by atoms with E-state index in [-0.39, 0.29) is 11.1 Å². The summed E-state index contributed by atoms with van der Waals surface area (Å²) in [6, 6.07) is 0. The second kappa shape index (κ2) is 6.85. The molecule has 1 aliphatic heterocycles. The first-order chi connectivity index (χ1) is 8.79. The van der Waals surface area contributed by atoms with E-state index in [1.54, 1.807) is 0 Å². The van der Waals surface area contributed by atoms with Crippen LogP contribution in [0.4, 0.5) is 0 Å². The van der Waals surface area contributed by atoms with Gasteiger partial charge in [0.2, 0.25) is 0 Å². The Balaban J connectivity index is 2.43. The number of Topliss-reactive ketones (excluding diaryl/α,β-unsaturated/α-hetero) is 1. The maximum Gasteiger partial charge on any atom is 0.136 e. The highest BCUT2D eigenvalue weighted by atomic mass is 16.7. The normalized spacial score (nSPS) is 22.7. The molecule has 3 nitrogen and oxygen atoms in total. The van der Waals surface area contributed by atoms with Gasteiger partial charge in [-0.25, -0.2) is 0 Å². The number of carbonyl (C=O) groups is 1. The Kier molecular flexibility index (Phi) is 6.00. The molecule has 3 heteroatoms. The first-order valence-corrected chi connectivity index (χ1v) is 7.74. The molecule has 1 heterocycles. The van der Waals surface area contributed by atoms with E-state index in [0.29, 0.717) is 18.6 Å². The lowest BCUT2D eigenvalue weighted by Gasteiger charge is -2.50. The van der Waals surface area contributed by atoms with Crippen molar-refractivity contribution in [3.05, 3.63) is 0 Å². The SMILES string of the molecule is CCCCCCCON1C(C)(C)CC(=O)CC1(C)C. The Morgan fingerprint density at radius 1 is 1.00 bits per heavy atom. The van der Waals surface area contributed by atoms with Crippen LogP contribution in [0.25, 0.3) is 0 Å². The first-order valence-electron chi connectivity index (χ1n) is 7.74. The zero-order valence-corrected chi connectivity index (χ0v) is 13.4. The minimum Gasteiger partial charge on any atom is -0.300 e. The predicted octanol–water partition coefficient (Wildman–Crippen LogP) is 4.11. The van der Waals surface area contributed by atoms with Crippen molar-refractivity contribution >= 4 is 5.78 Å². The highest BCUT2D eigenvalue weighted by Crippen LogP contribution is 2.36. The molecule has 0 radical (unpaired) electrons. The minimum atomic E-state index is -0.192. The number of ketones is 1. The summed E-state index contributed by atoms with van der Waals surface area (Å²) in [4.78, 5) is 17.8. The number of piperidine rings is 1. The summed E-state index contributed by atoms with van der Waals surface area (Å²) in [5, 5.41) is 2.07. The number of hydroxylamine groups is 2. The molecule has 112 valence electrons. The molecule has 1 rings (SSSR count). The van der Waals surface area contributed by atoms with Gasteiger partial charge in [-0.2, -0.15) is 5.06 Å². The summed E-state index contributed by atoms with van der Waals surface area (Å²) in [5.41, 5.74) is -0.384. The smallest absolute Gasteiger partial charge is 0.136 e. The van der Waals surface area contributed by atoms with Crippen molar-refractivity contribution in [2.45, 2.75) is 90.6 Å². The Morgan fingerprint density at radius 2 is 1.53 bits per heavy atom. The van der Waals surface area contributed by atoms with Gasteiger partial charge in [0.1, 0.15) is 5.78 Å². The van der Waals surface area contributed by atoms with Gasteiger partial charge in [-0.1, -0.05) is 32.6 Å². The Morgan fingerprint density at radius 3 is 2.05 bits per heavy atom. The Labute approximate surface area is 118 Å². The molecule has 0 aliphatic carbocycles. The second-order valence-electron chi connectivity index (χ2n) is 7.06. The van der Waals surface area contributed by atoms with E-state index in [0.717, 1.165) is 13.0 Å². The van der Waals surface area contributed by atoms with Gasteiger partial charge in [-0.05, 0) is 34.1 Å². The maximum atomic E-state index is 11.8. The Hall–Kier alpha value is -0.410. The average Bonchev–Trinajstić information content (AvgIpc) is 2.23. The second-order valence-corrected chi connectivity index (χ2v) is 7.06.